The average Bonchev–Trinajstić information content (AvgIpc) is 2.41. The first-order valence-corrected chi connectivity index (χ1v) is 5.83. The number of rotatable bonds is 7. The van der Waals surface area contributed by atoms with Crippen molar-refractivity contribution in [3.05, 3.63) is 43.0 Å². The Bertz CT molecular complexity index is 413. The Hall–Kier alpha value is -2.10. The molecule has 96 valence electrons. The fraction of sp³-hybridized carbons (Fsp3) is 0.286. The number of benzene rings is 1. The summed E-state index contributed by atoms with van der Waals surface area (Å²) in [5.41, 5.74) is 3.32. The first-order chi connectivity index (χ1) is 8.72. The fourth-order valence-electron chi connectivity index (χ4n) is 1.22. The maximum absolute atomic E-state index is 11.4. The third kappa shape index (κ3) is 5.84. The van der Waals surface area contributed by atoms with Gasteiger partial charge in [-0.05, 0) is 31.9 Å². The van der Waals surface area contributed by atoms with E-state index in [1.165, 1.54) is 0 Å². The molecule has 1 N–H and O–H groups in total. The Balaban J connectivity index is 2.27. The van der Waals surface area contributed by atoms with Gasteiger partial charge in [0.25, 0.3) is 5.91 Å². The lowest BCUT2D eigenvalue weighted by Crippen LogP contribution is -2.25. The van der Waals surface area contributed by atoms with Crippen LogP contribution < -0.4 is 10.2 Å². The number of hydrazone groups is 1. The molecule has 0 fully saturated rings. The molecule has 0 saturated carbocycles. The molecule has 0 aliphatic rings. The highest BCUT2D eigenvalue weighted by Crippen LogP contribution is 2.07. The Morgan fingerprint density at radius 2 is 2.17 bits per heavy atom. The molecule has 0 heterocycles. The molecule has 0 unspecified atom stereocenters. The standard InChI is InChI=1S/C14H18N2O2/c1-3-4-8-12(2)15-16-14(17)11-18-13-9-6-5-7-10-13/h3,5-7,9-10H,1,4,8,11H2,2H3,(H,16,17)/b15-12-. The Labute approximate surface area is 107 Å². The van der Waals surface area contributed by atoms with E-state index in [1.807, 2.05) is 31.2 Å². The number of amides is 1. The lowest BCUT2D eigenvalue weighted by atomic mass is 10.2. The van der Waals surface area contributed by atoms with Gasteiger partial charge in [-0.2, -0.15) is 5.10 Å². The molecule has 1 rings (SSSR count). The van der Waals surface area contributed by atoms with Gasteiger partial charge in [-0.3, -0.25) is 4.79 Å². The SMILES string of the molecule is C=CCC/C(C)=N\NC(=O)COc1ccccc1. The quantitative estimate of drug-likeness (QED) is 0.456. The maximum Gasteiger partial charge on any atom is 0.277 e. The van der Waals surface area contributed by atoms with Crippen molar-refractivity contribution in [2.75, 3.05) is 6.61 Å². The zero-order valence-corrected chi connectivity index (χ0v) is 10.6. The molecule has 0 saturated heterocycles. The van der Waals surface area contributed by atoms with Crippen LogP contribution in [0.25, 0.3) is 0 Å². The molecule has 0 aliphatic heterocycles. The molecule has 0 bridgehead atoms. The molecule has 0 aromatic heterocycles. The van der Waals surface area contributed by atoms with Gasteiger partial charge in [0.1, 0.15) is 5.75 Å². The van der Waals surface area contributed by atoms with E-state index < -0.39 is 0 Å². The van der Waals surface area contributed by atoms with Crippen molar-refractivity contribution in [2.45, 2.75) is 19.8 Å². The van der Waals surface area contributed by atoms with Crippen LogP contribution >= 0.6 is 0 Å². The Morgan fingerprint density at radius 3 is 2.83 bits per heavy atom. The van der Waals surface area contributed by atoms with Crippen molar-refractivity contribution >= 4 is 11.6 Å². The Kier molecular flexibility index (Phi) is 6.25. The highest BCUT2D eigenvalue weighted by molar-refractivity contribution is 5.84. The summed E-state index contributed by atoms with van der Waals surface area (Å²) in [5.74, 6) is 0.400. The second-order valence-electron chi connectivity index (χ2n) is 3.81. The number of ether oxygens (including phenoxy) is 1. The molecule has 0 aliphatic carbocycles. The van der Waals surface area contributed by atoms with Crippen LogP contribution in [0.3, 0.4) is 0 Å². The van der Waals surface area contributed by atoms with E-state index in [4.69, 9.17) is 4.74 Å². The second-order valence-corrected chi connectivity index (χ2v) is 3.81. The predicted molar refractivity (Wildman–Crippen MR) is 72.6 cm³/mol. The lowest BCUT2D eigenvalue weighted by molar-refractivity contribution is -0.123. The number of allylic oxidation sites excluding steroid dienone is 1. The maximum atomic E-state index is 11.4. The minimum absolute atomic E-state index is 0.0394. The van der Waals surface area contributed by atoms with Crippen LogP contribution in [-0.2, 0) is 4.79 Å². The van der Waals surface area contributed by atoms with Gasteiger partial charge in [0.15, 0.2) is 6.61 Å². The number of carbonyl (C=O) groups excluding carboxylic acids is 1. The topological polar surface area (TPSA) is 50.7 Å². The van der Waals surface area contributed by atoms with Crippen LogP contribution in [0.1, 0.15) is 19.8 Å². The summed E-state index contributed by atoms with van der Waals surface area (Å²) >= 11 is 0. The fourth-order valence-corrected chi connectivity index (χ4v) is 1.22. The molecular weight excluding hydrogens is 228 g/mol. The number of carbonyl (C=O) groups is 1. The molecule has 18 heavy (non-hydrogen) atoms. The van der Waals surface area contributed by atoms with E-state index in [9.17, 15) is 4.79 Å². The van der Waals surface area contributed by atoms with Crippen molar-refractivity contribution in [2.24, 2.45) is 5.10 Å². The summed E-state index contributed by atoms with van der Waals surface area (Å²) in [7, 11) is 0. The number of para-hydroxylation sites is 1. The van der Waals surface area contributed by atoms with Crippen LogP contribution in [0.2, 0.25) is 0 Å². The molecule has 0 atom stereocenters. The number of nitrogens with zero attached hydrogens (tertiary/aromatic N) is 1. The third-order valence-corrected chi connectivity index (χ3v) is 2.19. The number of hydrogen-bond donors (Lipinski definition) is 1. The molecule has 0 radical (unpaired) electrons. The molecule has 1 aromatic carbocycles. The summed E-state index contributed by atoms with van der Waals surface area (Å²) in [5, 5.41) is 3.96. The van der Waals surface area contributed by atoms with E-state index in [2.05, 4.69) is 17.1 Å². The molecule has 1 amide bonds. The average molecular weight is 246 g/mol. The van der Waals surface area contributed by atoms with Gasteiger partial charge in [0, 0.05) is 5.71 Å². The first-order valence-electron chi connectivity index (χ1n) is 5.83. The minimum Gasteiger partial charge on any atom is -0.484 e. The number of hydrogen-bond acceptors (Lipinski definition) is 3. The molecule has 0 spiro atoms. The third-order valence-electron chi connectivity index (χ3n) is 2.19. The summed E-state index contributed by atoms with van der Waals surface area (Å²) < 4.78 is 5.28. The van der Waals surface area contributed by atoms with Gasteiger partial charge in [-0.15, -0.1) is 6.58 Å². The van der Waals surface area contributed by atoms with Crippen molar-refractivity contribution < 1.29 is 9.53 Å². The van der Waals surface area contributed by atoms with E-state index in [0.717, 1.165) is 18.6 Å². The predicted octanol–water partition coefficient (Wildman–Crippen LogP) is 2.52. The van der Waals surface area contributed by atoms with Crippen LogP contribution in [0.4, 0.5) is 0 Å². The normalized spacial score (nSPS) is 10.8. The molecule has 1 aromatic rings. The van der Waals surface area contributed by atoms with E-state index in [1.54, 1.807) is 12.1 Å². The van der Waals surface area contributed by atoms with Crippen LogP contribution in [0.15, 0.2) is 48.1 Å². The largest absolute Gasteiger partial charge is 0.484 e. The lowest BCUT2D eigenvalue weighted by Gasteiger charge is -2.05. The molecule has 4 nitrogen and oxygen atoms in total. The van der Waals surface area contributed by atoms with Crippen molar-refractivity contribution in [3.8, 4) is 5.75 Å². The van der Waals surface area contributed by atoms with Crippen molar-refractivity contribution in [1.82, 2.24) is 5.43 Å². The van der Waals surface area contributed by atoms with Crippen LogP contribution in [0, 0.1) is 0 Å². The molecule has 4 heteroatoms. The van der Waals surface area contributed by atoms with Crippen LogP contribution in [0.5, 0.6) is 5.75 Å². The van der Waals surface area contributed by atoms with E-state index >= 15 is 0 Å². The summed E-state index contributed by atoms with van der Waals surface area (Å²) in [4.78, 5) is 11.4. The van der Waals surface area contributed by atoms with Gasteiger partial charge >= 0.3 is 0 Å². The molecular formula is C14H18N2O2. The zero-order chi connectivity index (χ0) is 13.2. The van der Waals surface area contributed by atoms with E-state index in [-0.39, 0.29) is 12.5 Å². The number of nitrogens with one attached hydrogen (secondary N) is 1. The smallest absolute Gasteiger partial charge is 0.277 e. The van der Waals surface area contributed by atoms with Gasteiger partial charge in [0.2, 0.25) is 0 Å². The summed E-state index contributed by atoms with van der Waals surface area (Å²) in [6.45, 7) is 5.45. The van der Waals surface area contributed by atoms with Crippen molar-refractivity contribution in [3.63, 3.8) is 0 Å². The zero-order valence-electron chi connectivity index (χ0n) is 10.6. The van der Waals surface area contributed by atoms with Crippen LogP contribution in [-0.4, -0.2) is 18.2 Å². The van der Waals surface area contributed by atoms with Gasteiger partial charge < -0.3 is 4.74 Å². The summed E-state index contributed by atoms with van der Waals surface area (Å²) in [6, 6.07) is 9.19. The monoisotopic (exact) mass is 246 g/mol. The Morgan fingerprint density at radius 1 is 1.44 bits per heavy atom. The highest BCUT2D eigenvalue weighted by atomic mass is 16.5. The highest BCUT2D eigenvalue weighted by Gasteiger charge is 2.01. The van der Waals surface area contributed by atoms with Gasteiger partial charge in [0.05, 0.1) is 0 Å². The summed E-state index contributed by atoms with van der Waals surface area (Å²) in [6.07, 6.45) is 3.47. The first kappa shape index (κ1) is 14.0. The van der Waals surface area contributed by atoms with Gasteiger partial charge in [-0.25, -0.2) is 5.43 Å². The second kappa shape index (κ2) is 8.06. The van der Waals surface area contributed by atoms with Gasteiger partial charge in [-0.1, -0.05) is 24.3 Å². The minimum atomic E-state index is -0.267. The van der Waals surface area contributed by atoms with E-state index in [0.29, 0.717) is 5.75 Å². The van der Waals surface area contributed by atoms with Crippen molar-refractivity contribution in [1.29, 1.82) is 0 Å².